The van der Waals surface area contributed by atoms with E-state index in [-0.39, 0.29) is 17.0 Å². The Labute approximate surface area is 196 Å². The summed E-state index contributed by atoms with van der Waals surface area (Å²) in [6.45, 7) is 2.11. The average Bonchev–Trinajstić information content (AvgIpc) is 2.80. The van der Waals surface area contributed by atoms with Crippen molar-refractivity contribution >= 4 is 11.6 Å². The third kappa shape index (κ3) is 4.01. The first kappa shape index (κ1) is 22.3. The molecule has 0 radical (unpaired) electrons. The van der Waals surface area contributed by atoms with Crippen molar-refractivity contribution in [2.45, 2.75) is 19.4 Å². The molecule has 3 aromatic rings. The van der Waals surface area contributed by atoms with E-state index in [9.17, 15) is 10.1 Å². The molecule has 0 amide bonds. The smallest absolute Gasteiger partial charge is 0.259 e. The fraction of sp³-hybridized carbons (Fsp3) is 0.200. The minimum atomic E-state index is -0.692. The molecule has 7 nitrogen and oxygen atoms in total. The second-order valence-electron chi connectivity index (χ2n) is 7.62. The predicted octanol–water partition coefficient (Wildman–Crippen LogP) is 4.09. The highest BCUT2D eigenvalue weighted by atomic mass is 35.5. The molecule has 0 bridgehead atoms. The minimum absolute atomic E-state index is 0.0218. The molecule has 1 aromatic heterocycles. The Morgan fingerprint density at radius 1 is 1.15 bits per heavy atom. The van der Waals surface area contributed by atoms with Crippen LogP contribution in [0.3, 0.4) is 0 Å². The molecule has 2 N–H and O–H groups in total. The van der Waals surface area contributed by atoms with Gasteiger partial charge in [-0.1, -0.05) is 29.8 Å². The van der Waals surface area contributed by atoms with Crippen molar-refractivity contribution < 1.29 is 14.2 Å². The number of benzene rings is 2. The first-order valence-corrected chi connectivity index (χ1v) is 10.5. The van der Waals surface area contributed by atoms with Crippen molar-refractivity contribution in [2.75, 3.05) is 14.2 Å². The summed E-state index contributed by atoms with van der Waals surface area (Å²) < 4.78 is 18.0. The molecule has 0 saturated heterocycles. The van der Waals surface area contributed by atoms with Crippen molar-refractivity contribution in [3.05, 3.63) is 97.7 Å². The predicted molar refractivity (Wildman–Crippen MR) is 125 cm³/mol. The average molecular weight is 464 g/mol. The van der Waals surface area contributed by atoms with E-state index in [1.165, 1.54) is 0 Å². The molecule has 1 aliphatic rings. The molecule has 168 valence electrons. The lowest BCUT2D eigenvalue weighted by Gasteiger charge is -2.27. The van der Waals surface area contributed by atoms with Crippen LogP contribution in [0.2, 0.25) is 5.02 Å². The van der Waals surface area contributed by atoms with Crippen LogP contribution in [0.1, 0.15) is 28.3 Å². The molecule has 2 heterocycles. The van der Waals surface area contributed by atoms with Gasteiger partial charge in [0.25, 0.3) is 5.56 Å². The normalized spacial score (nSPS) is 14.8. The molecule has 33 heavy (non-hydrogen) atoms. The summed E-state index contributed by atoms with van der Waals surface area (Å²) in [7, 11) is 3.13. The molecule has 2 aromatic carbocycles. The number of rotatable bonds is 5. The zero-order valence-electron chi connectivity index (χ0n) is 18.4. The summed E-state index contributed by atoms with van der Waals surface area (Å²) in [5.41, 5.74) is 8.52. The van der Waals surface area contributed by atoms with Gasteiger partial charge in [-0.05, 0) is 42.3 Å². The van der Waals surface area contributed by atoms with Gasteiger partial charge in [0, 0.05) is 16.8 Å². The van der Waals surface area contributed by atoms with E-state index in [0.717, 1.165) is 5.56 Å². The highest BCUT2D eigenvalue weighted by Crippen LogP contribution is 2.41. The van der Waals surface area contributed by atoms with Gasteiger partial charge < -0.3 is 24.5 Å². The number of pyridine rings is 1. The molecular formula is C25H22ClN3O4. The quantitative estimate of drug-likeness (QED) is 0.611. The SMILES string of the molecule is COc1ccc(Cn2c(C)cc3c(c2=O)[C@@H](c2cccc(Cl)c2)C(C#N)=C(N)O3)cc1OC. The topological polar surface area (TPSA) is 99.5 Å². The Balaban J connectivity index is 1.88. The molecule has 4 rings (SSSR count). The van der Waals surface area contributed by atoms with Gasteiger partial charge in [0.1, 0.15) is 17.4 Å². The molecule has 0 fully saturated rings. The number of nitrogens with two attached hydrogens (primary N) is 1. The van der Waals surface area contributed by atoms with Crippen molar-refractivity contribution in [1.82, 2.24) is 4.57 Å². The first-order valence-electron chi connectivity index (χ1n) is 10.2. The monoisotopic (exact) mass is 463 g/mol. The summed E-state index contributed by atoms with van der Waals surface area (Å²) in [6, 6.07) is 16.4. The van der Waals surface area contributed by atoms with Crippen LogP contribution in [0.25, 0.3) is 0 Å². The molecule has 0 saturated carbocycles. The lowest BCUT2D eigenvalue weighted by molar-refractivity contribution is 0.354. The number of ether oxygens (including phenoxy) is 3. The molecule has 8 heteroatoms. The number of nitrogens with zero attached hydrogens (tertiary/aromatic N) is 2. The zero-order chi connectivity index (χ0) is 23.7. The number of nitriles is 1. The second kappa shape index (κ2) is 8.93. The lowest BCUT2D eigenvalue weighted by atomic mass is 9.84. The van der Waals surface area contributed by atoms with Gasteiger partial charge in [-0.2, -0.15) is 5.26 Å². The van der Waals surface area contributed by atoms with Crippen molar-refractivity contribution in [1.29, 1.82) is 5.26 Å². The van der Waals surface area contributed by atoms with Crippen LogP contribution in [0.15, 0.2) is 64.8 Å². The number of fused-ring (bicyclic) bond motifs is 1. The maximum atomic E-state index is 13.8. The number of halogens is 1. The van der Waals surface area contributed by atoms with Crippen molar-refractivity contribution in [3.63, 3.8) is 0 Å². The van der Waals surface area contributed by atoms with Gasteiger partial charge in [-0.3, -0.25) is 4.79 Å². The van der Waals surface area contributed by atoms with E-state index in [0.29, 0.717) is 45.6 Å². The Bertz CT molecular complexity index is 1370. The van der Waals surface area contributed by atoms with Crippen LogP contribution in [0, 0.1) is 18.3 Å². The van der Waals surface area contributed by atoms with E-state index >= 15 is 0 Å². The number of aromatic nitrogens is 1. The van der Waals surface area contributed by atoms with Gasteiger partial charge in [0.05, 0.1) is 32.2 Å². The first-order chi connectivity index (χ1) is 15.9. The highest BCUT2D eigenvalue weighted by Gasteiger charge is 2.34. The Morgan fingerprint density at radius 2 is 1.91 bits per heavy atom. The van der Waals surface area contributed by atoms with Crippen LogP contribution < -0.4 is 25.5 Å². The van der Waals surface area contributed by atoms with Crippen LogP contribution in [-0.2, 0) is 6.54 Å². The van der Waals surface area contributed by atoms with Crippen LogP contribution in [-0.4, -0.2) is 18.8 Å². The number of hydrogen-bond acceptors (Lipinski definition) is 6. The Kier molecular flexibility index (Phi) is 6.03. The zero-order valence-corrected chi connectivity index (χ0v) is 19.1. The molecule has 0 spiro atoms. The fourth-order valence-corrected chi connectivity index (χ4v) is 4.26. The van der Waals surface area contributed by atoms with Crippen LogP contribution >= 0.6 is 11.6 Å². The summed E-state index contributed by atoms with van der Waals surface area (Å²) in [6.07, 6.45) is 0. The number of allylic oxidation sites excluding steroid dienone is 1. The number of hydrogen-bond donors (Lipinski definition) is 1. The molecule has 1 aliphatic heterocycles. The Hall–Kier alpha value is -3.89. The highest BCUT2D eigenvalue weighted by molar-refractivity contribution is 6.30. The fourth-order valence-electron chi connectivity index (χ4n) is 4.06. The van der Waals surface area contributed by atoms with Gasteiger partial charge in [-0.15, -0.1) is 0 Å². The van der Waals surface area contributed by atoms with E-state index in [2.05, 4.69) is 6.07 Å². The summed E-state index contributed by atoms with van der Waals surface area (Å²) >= 11 is 6.21. The maximum Gasteiger partial charge on any atom is 0.259 e. The van der Waals surface area contributed by atoms with E-state index in [1.54, 1.807) is 49.1 Å². The number of methoxy groups -OCH3 is 2. The summed E-state index contributed by atoms with van der Waals surface area (Å²) in [5.74, 6) is 0.793. The second-order valence-corrected chi connectivity index (χ2v) is 8.06. The lowest BCUT2D eigenvalue weighted by Crippen LogP contribution is -2.33. The molecule has 0 unspecified atom stereocenters. The van der Waals surface area contributed by atoms with E-state index in [4.69, 9.17) is 31.5 Å². The molecule has 0 aliphatic carbocycles. The molecule has 1 atom stereocenters. The molecular weight excluding hydrogens is 442 g/mol. The maximum absolute atomic E-state index is 13.8. The standard InChI is InChI=1S/C25H22ClN3O4/c1-14-9-21-23(22(18(12-27)24(28)33-21)16-5-4-6-17(26)11-16)25(30)29(14)13-15-7-8-19(31-2)20(10-15)32-3/h4-11,22H,13,28H2,1-3H3/t22-/m0/s1. The van der Waals surface area contributed by atoms with E-state index < -0.39 is 5.92 Å². The van der Waals surface area contributed by atoms with Gasteiger partial charge in [-0.25, -0.2) is 0 Å². The van der Waals surface area contributed by atoms with Crippen LogP contribution in [0.4, 0.5) is 0 Å². The number of aryl methyl sites for hydroxylation is 1. The summed E-state index contributed by atoms with van der Waals surface area (Å²) in [5, 5.41) is 10.3. The summed E-state index contributed by atoms with van der Waals surface area (Å²) in [4.78, 5) is 13.8. The van der Waals surface area contributed by atoms with Crippen LogP contribution in [0.5, 0.6) is 17.2 Å². The third-order valence-corrected chi connectivity index (χ3v) is 5.90. The van der Waals surface area contributed by atoms with Gasteiger partial charge in [0.2, 0.25) is 5.88 Å². The largest absolute Gasteiger partial charge is 0.493 e. The van der Waals surface area contributed by atoms with Gasteiger partial charge in [0.15, 0.2) is 11.5 Å². The van der Waals surface area contributed by atoms with Gasteiger partial charge >= 0.3 is 0 Å². The van der Waals surface area contributed by atoms with E-state index in [1.807, 2.05) is 25.1 Å². The minimum Gasteiger partial charge on any atom is -0.493 e. The third-order valence-electron chi connectivity index (χ3n) is 5.66. The van der Waals surface area contributed by atoms with Crippen molar-refractivity contribution in [3.8, 4) is 23.3 Å². The van der Waals surface area contributed by atoms with Crippen molar-refractivity contribution in [2.24, 2.45) is 5.73 Å². The Morgan fingerprint density at radius 3 is 2.58 bits per heavy atom.